The van der Waals surface area contributed by atoms with Gasteiger partial charge in [0.1, 0.15) is 17.2 Å². The number of anilines is 1. The Hall–Kier alpha value is -3.56. The first-order chi connectivity index (χ1) is 11.9. The Morgan fingerprint density at radius 3 is 2.20 bits per heavy atom. The first-order valence-electron chi connectivity index (χ1n) is 6.95. The maximum Gasteiger partial charge on any atom is 0.355 e. The SMILES string of the molecule is COc1cc(NC(=O)COC(=O)c2cc(=O)[nH]c(=O)[nH]2)cc(OC)c1. The van der Waals surface area contributed by atoms with Crippen molar-refractivity contribution in [1.82, 2.24) is 9.97 Å². The molecule has 1 aromatic heterocycles. The summed E-state index contributed by atoms with van der Waals surface area (Å²) >= 11 is 0. The van der Waals surface area contributed by atoms with Crippen molar-refractivity contribution in [2.24, 2.45) is 0 Å². The van der Waals surface area contributed by atoms with E-state index in [-0.39, 0.29) is 5.69 Å². The maximum atomic E-state index is 11.9. The number of ether oxygens (including phenoxy) is 3. The number of carbonyl (C=O) groups is 2. The van der Waals surface area contributed by atoms with Crippen LogP contribution in [0.5, 0.6) is 11.5 Å². The van der Waals surface area contributed by atoms with Gasteiger partial charge in [-0.1, -0.05) is 0 Å². The summed E-state index contributed by atoms with van der Waals surface area (Å²) in [6, 6.07) is 5.58. The van der Waals surface area contributed by atoms with Crippen LogP contribution >= 0.6 is 0 Å². The summed E-state index contributed by atoms with van der Waals surface area (Å²) in [5.74, 6) is -0.710. The van der Waals surface area contributed by atoms with Crippen molar-refractivity contribution >= 4 is 17.6 Å². The van der Waals surface area contributed by atoms with Gasteiger partial charge >= 0.3 is 11.7 Å². The van der Waals surface area contributed by atoms with Crippen LogP contribution in [0.15, 0.2) is 33.9 Å². The minimum atomic E-state index is -1.01. The predicted molar refractivity (Wildman–Crippen MR) is 86.1 cm³/mol. The lowest BCUT2D eigenvalue weighted by Crippen LogP contribution is -2.27. The number of benzene rings is 1. The number of aromatic amines is 2. The van der Waals surface area contributed by atoms with Gasteiger partial charge in [0.2, 0.25) is 0 Å². The van der Waals surface area contributed by atoms with Crippen molar-refractivity contribution < 1.29 is 23.8 Å². The summed E-state index contributed by atoms with van der Waals surface area (Å²) in [6.07, 6.45) is 0. The molecule has 0 aliphatic heterocycles. The summed E-state index contributed by atoms with van der Waals surface area (Å²) in [4.78, 5) is 49.8. The Morgan fingerprint density at radius 2 is 1.64 bits per heavy atom. The lowest BCUT2D eigenvalue weighted by atomic mass is 10.2. The molecule has 0 atom stereocenters. The van der Waals surface area contributed by atoms with Crippen molar-refractivity contribution in [3.8, 4) is 11.5 Å². The summed E-state index contributed by atoms with van der Waals surface area (Å²) < 4.78 is 14.9. The quantitative estimate of drug-likeness (QED) is 0.617. The Morgan fingerprint density at radius 1 is 1.00 bits per heavy atom. The number of amides is 1. The highest BCUT2D eigenvalue weighted by Gasteiger charge is 2.13. The molecule has 0 aliphatic carbocycles. The first-order valence-corrected chi connectivity index (χ1v) is 6.95. The molecule has 10 heteroatoms. The Labute approximate surface area is 140 Å². The molecule has 1 amide bonds. The van der Waals surface area contributed by atoms with E-state index in [0.717, 1.165) is 6.07 Å². The van der Waals surface area contributed by atoms with E-state index < -0.39 is 29.7 Å². The molecule has 0 fully saturated rings. The van der Waals surface area contributed by atoms with Gasteiger partial charge in [-0.15, -0.1) is 0 Å². The zero-order chi connectivity index (χ0) is 18.4. The molecular formula is C15H15N3O7. The number of esters is 1. The zero-order valence-electron chi connectivity index (χ0n) is 13.4. The minimum absolute atomic E-state index is 0.357. The first kappa shape index (κ1) is 17.8. The molecule has 2 aromatic rings. The van der Waals surface area contributed by atoms with Crippen molar-refractivity contribution in [3.05, 3.63) is 50.8 Å². The van der Waals surface area contributed by atoms with Crippen LogP contribution in [-0.4, -0.2) is 42.7 Å². The van der Waals surface area contributed by atoms with E-state index in [0.29, 0.717) is 17.2 Å². The van der Waals surface area contributed by atoms with E-state index in [1.807, 2.05) is 4.98 Å². The van der Waals surface area contributed by atoms with Crippen molar-refractivity contribution in [2.45, 2.75) is 0 Å². The standard InChI is InChI=1S/C15H15N3O7/c1-23-9-3-8(4-10(5-9)24-2)16-13(20)7-25-14(21)11-6-12(19)18-15(22)17-11/h3-6H,7H2,1-2H3,(H,16,20)(H2,17,18,19,22). The fourth-order valence-corrected chi connectivity index (χ4v) is 1.86. The second-order valence-electron chi connectivity index (χ2n) is 4.73. The summed E-state index contributed by atoms with van der Waals surface area (Å²) in [5, 5.41) is 2.50. The maximum absolute atomic E-state index is 11.9. The van der Waals surface area contributed by atoms with Crippen LogP contribution in [0.3, 0.4) is 0 Å². The van der Waals surface area contributed by atoms with E-state index in [9.17, 15) is 19.2 Å². The van der Waals surface area contributed by atoms with E-state index >= 15 is 0 Å². The van der Waals surface area contributed by atoms with Gasteiger partial charge in [-0.3, -0.25) is 14.6 Å². The molecule has 0 radical (unpaired) electrons. The number of rotatable bonds is 6. The zero-order valence-corrected chi connectivity index (χ0v) is 13.4. The van der Waals surface area contributed by atoms with Gasteiger partial charge in [0, 0.05) is 30.0 Å². The van der Waals surface area contributed by atoms with Gasteiger partial charge < -0.3 is 24.5 Å². The number of methoxy groups -OCH3 is 2. The number of nitrogens with one attached hydrogen (secondary N) is 3. The minimum Gasteiger partial charge on any atom is -0.497 e. The molecule has 3 N–H and O–H groups in total. The number of H-pyrrole nitrogens is 2. The van der Waals surface area contributed by atoms with Gasteiger partial charge in [0.25, 0.3) is 11.5 Å². The van der Waals surface area contributed by atoms with Crippen molar-refractivity contribution in [2.75, 3.05) is 26.1 Å². The molecule has 25 heavy (non-hydrogen) atoms. The Kier molecular flexibility index (Phi) is 5.56. The second-order valence-corrected chi connectivity index (χ2v) is 4.73. The average molecular weight is 349 g/mol. The van der Waals surface area contributed by atoms with E-state index in [4.69, 9.17) is 14.2 Å². The van der Waals surface area contributed by atoms with Gasteiger partial charge in [0.15, 0.2) is 6.61 Å². The number of hydrogen-bond donors (Lipinski definition) is 3. The molecule has 0 saturated carbocycles. The monoisotopic (exact) mass is 349 g/mol. The fourth-order valence-electron chi connectivity index (χ4n) is 1.86. The van der Waals surface area contributed by atoms with Crippen LogP contribution < -0.4 is 26.0 Å². The van der Waals surface area contributed by atoms with Crippen LogP contribution in [0.2, 0.25) is 0 Å². The van der Waals surface area contributed by atoms with E-state index in [1.165, 1.54) is 14.2 Å². The fraction of sp³-hybridized carbons (Fsp3) is 0.200. The summed E-state index contributed by atoms with van der Waals surface area (Å²) in [6.45, 7) is -0.618. The highest BCUT2D eigenvalue weighted by atomic mass is 16.5. The molecular weight excluding hydrogens is 334 g/mol. The van der Waals surface area contributed by atoms with Gasteiger partial charge in [0.05, 0.1) is 14.2 Å². The molecule has 0 spiro atoms. The van der Waals surface area contributed by atoms with Gasteiger partial charge in [-0.25, -0.2) is 9.59 Å². The molecule has 0 saturated heterocycles. The van der Waals surface area contributed by atoms with E-state index in [1.54, 1.807) is 18.2 Å². The smallest absolute Gasteiger partial charge is 0.355 e. The molecule has 2 rings (SSSR count). The highest BCUT2D eigenvalue weighted by Crippen LogP contribution is 2.25. The third-order valence-corrected chi connectivity index (χ3v) is 2.95. The van der Waals surface area contributed by atoms with Crippen LogP contribution in [0.4, 0.5) is 5.69 Å². The van der Waals surface area contributed by atoms with Gasteiger partial charge in [-0.2, -0.15) is 0 Å². The van der Waals surface area contributed by atoms with Crippen molar-refractivity contribution in [3.63, 3.8) is 0 Å². The molecule has 1 heterocycles. The Bertz CT molecular complexity index is 850. The second kappa shape index (κ2) is 7.81. The third-order valence-electron chi connectivity index (χ3n) is 2.95. The van der Waals surface area contributed by atoms with Gasteiger partial charge in [-0.05, 0) is 0 Å². The van der Waals surface area contributed by atoms with E-state index in [2.05, 4.69) is 10.3 Å². The number of hydrogen-bond acceptors (Lipinski definition) is 7. The topological polar surface area (TPSA) is 140 Å². The lowest BCUT2D eigenvalue weighted by Gasteiger charge is -2.10. The Balaban J connectivity index is 2.00. The molecule has 0 bridgehead atoms. The molecule has 0 unspecified atom stereocenters. The number of aromatic nitrogens is 2. The predicted octanol–water partition coefficient (Wildman–Crippen LogP) is -0.124. The van der Waals surface area contributed by atoms with Crippen LogP contribution in [-0.2, 0) is 9.53 Å². The third kappa shape index (κ3) is 4.96. The normalized spacial score (nSPS) is 10.0. The highest BCUT2D eigenvalue weighted by molar-refractivity contribution is 5.95. The molecule has 10 nitrogen and oxygen atoms in total. The largest absolute Gasteiger partial charge is 0.497 e. The molecule has 0 aliphatic rings. The summed E-state index contributed by atoms with van der Waals surface area (Å²) in [5.41, 5.74) is -1.59. The lowest BCUT2D eigenvalue weighted by molar-refractivity contribution is -0.119. The van der Waals surface area contributed by atoms with Crippen LogP contribution in [0.25, 0.3) is 0 Å². The van der Waals surface area contributed by atoms with Crippen molar-refractivity contribution in [1.29, 1.82) is 0 Å². The number of carbonyl (C=O) groups excluding carboxylic acids is 2. The average Bonchev–Trinajstić information content (AvgIpc) is 2.58. The van der Waals surface area contributed by atoms with Crippen LogP contribution in [0, 0.1) is 0 Å². The molecule has 132 valence electrons. The summed E-state index contributed by atoms with van der Waals surface area (Å²) in [7, 11) is 2.93. The molecule has 1 aromatic carbocycles. The van der Waals surface area contributed by atoms with Crippen LogP contribution in [0.1, 0.15) is 10.5 Å².